The fourth-order valence-electron chi connectivity index (χ4n) is 4.57. The Hall–Kier alpha value is -2.34. The van der Waals surface area contributed by atoms with Gasteiger partial charge in [-0.15, -0.1) is 0 Å². The van der Waals surface area contributed by atoms with Crippen LogP contribution in [0.15, 0.2) is 46.9 Å². The molecule has 1 aliphatic rings. The van der Waals surface area contributed by atoms with Crippen LogP contribution < -0.4 is 10.1 Å². The Morgan fingerprint density at radius 1 is 1.09 bits per heavy atom. The monoisotopic (exact) mass is 542 g/mol. The lowest BCUT2D eigenvalue weighted by Crippen LogP contribution is -2.52. The van der Waals surface area contributed by atoms with E-state index in [4.69, 9.17) is 4.74 Å². The number of ether oxygens (including phenoxy) is 1. The highest BCUT2D eigenvalue weighted by Crippen LogP contribution is 2.29. The maximum Gasteiger partial charge on any atom is 0.261 e. The van der Waals surface area contributed by atoms with Crippen molar-refractivity contribution in [3.8, 4) is 5.75 Å². The van der Waals surface area contributed by atoms with Gasteiger partial charge < -0.3 is 15.0 Å². The number of nitrogens with zero attached hydrogens (tertiary/aromatic N) is 1. The fourth-order valence-corrected chi connectivity index (χ4v) is 5.08. The van der Waals surface area contributed by atoms with Gasteiger partial charge in [-0.1, -0.05) is 75.9 Å². The molecule has 1 N–H and O–H groups in total. The highest BCUT2D eigenvalue weighted by atomic mass is 79.9. The summed E-state index contributed by atoms with van der Waals surface area (Å²) in [6.45, 7) is 8.51. The molecule has 5 nitrogen and oxygen atoms in total. The van der Waals surface area contributed by atoms with Crippen molar-refractivity contribution in [3.05, 3.63) is 63.6 Å². The summed E-state index contributed by atoms with van der Waals surface area (Å²) in [4.78, 5) is 28.5. The van der Waals surface area contributed by atoms with E-state index < -0.39 is 6.04 Å². The van der Waals surface area contributed by atoms with Crippen LogP contribution in [0.1, 0.15) is 81.9 Å². The number of halogens is 1. The summed E-state index contributed by atoms with van der Waals surface area (Å²) in [6.07, 6.45) is 6.09. The topological polar surface area (TPSA) is 58.6 Å². The molecule has 1 saturated carbocycles. The molecule has 0 aromatic heterocycles. The molecule has 0 bridgehead atoms. The second kappa shape index (κ2) is 13.1. The first kappa shape index (κ1) is 27.3. The third-order valence-electron chi connectivity index (χ3n) is 6.78. The molecule has 2 amide bonds. The summed E-state index contributed by atoms with van der Waals surface area (Å²) in [5.74, 6) is 0.760. The van der Waals surface area contributed by atoms with Crippen LogP contribution in [0.3, 0.4) is 0 Å². The van der Waals surface area contributed by atoms with Gasteiger partial charge in [0.05, 0.1) is 4.47 Å². The first-order chi connectivity index (χ1) is 16.8. The minimum Gasteiger partial charge on any atom is -0.483 e. The number of carbonyl (C=O) groups is 2. The molecular weight excluding hydrogens is 504 g/mol. The third-order valence-corrected chi connectivity index (χ3v) is 7.40. The second-order valence-electron chi connectivity index (χ2n) is 9.91. The minimum absolute atomic E-state index is 0.0673. The Kier molecular flexibility index (Phi) is 10.2. The predicted molar refractivity (Wildman–Crippen MR) is 145 cm³/mol. The zero-order chi connectivity index (χ0) is 25.4. The molecule has 6 heteroatoms. The van der Waals surface area contributed by atoms with Crippen molar-refractivity contribution in [1.29, 1.82) is 0 Å². The molecule has 0 radical (unpaired) electrons. The van der Waals surface area contributed by atoms with Crippen LogP contribution in [0.5, 0.6) is 5.75 Å². The fraction of sp³-hybridized carbons (Fsp3) is 0.517. The van der Waals surface area contributed by atoms with Crippen LogP contribution in [-0.4, -0.2) is 35.4 Å². The van der Waals surface area contributed by atoms with Gasteiger partial charge in [-0.2, -0.15) is 0 Å². The molecule has 3 rings (SSSR count). The first-order valence-electron chi connectivity index (χ1n) is 12.9. The number of aryl methyl sites for hydroxylation is 1. The summed E-state index contributed by atoms with van der Waals surface area (Å²) < 4.78 is 6.75. The van der Waals surface area contributed by atoms with E-state index in [2.05, 4.69) is 35.1 Å². The van der Waals surface area contributed by atoms with Crippen LogP contribution in [0.2, 0.25) is 0 Å². The van der Waals surface area contributed by atoms with E-state index in [1.54, 1.807) is 4.90 Å². The first-order valence-corrected chi connectivity index (χ1v) is 13.7. The van der Waals surface area contributed by atoms with Gasteiger partial charge in [0.25, 0.3) is 5.91 Å². The van der Waals surface area contributed by atoms with Crippen LogP contribution in [0.25, 0.3) is 0 Å². The highest BCUT2D eigenvalue weighted by Gasteiger charge is 2.30. The van der Waals surface area contributed by atoms with E-state index >= 15 is 0 Å². The molecule has 0 aliphatic heterocycles. The van der Waals surface area contributed by atoms with E-state index in [0.29, 0.717) is 24.6 Å². The summed E-state index contributed by atoms with van der Waals surface area (Å²) in [5.41, 5.74) is 3.35. The predicted octanol–water partition coefficient (Wildman–Crippen LogP) is 6.52. The Bertz CT molecular complexity index is 984. The van der Waals surface area contributed by atoms with E-state index in [9.17, 15) is 9.59 Å². The van der Waals surface area contributed by atoms with E-state index in [0.717, 1.165) is 41.3 Å². The lowest BCUT2D eigenvalue weighted by Gasteiger charge is -2.32. The van der Waals surface area contributed by atoms with Crippen molar-refractivity contribution in [2.24, 2.45) is 0 Å². The van der Waals surface area contributed by atoms with Gasteiger partial charge in [0.2, 0.25) is 5.91 Å². The number of rotatable bonds is 10. The summed E-state index contributed by atoms with van der Waals surface area (Å²) in [7, 11) is 0. The number of nitrogens with one attached hydrogen (secondary N) is 1. The van der Waals surface area contributed by atoms with Gasteiger partial charge in [-0.3, -0.25) is 9.59 Å². The molecule has 1 fully saturated rings. The maximum absolute atomic E-state index is 13.5. The average molecular weight is 544 g/mol. The van der Waals surface area contributed by atoms with Gasteiger partial charge in [0.1, 0.15) is 11.8 Å². The molecule has 0 saturated heterocycles. The summed E-state index contributed by atoms with van der Waals surface area (Å²) in [5, 5.41) is 3.22. The lowest BCUT2D eigenvalue weighted by molar-refractivity contribution is -0.143. The Balaban J connectivity index is 1.76. The molecular formula is C29H39BrN2O3. The summed E-state index contributed by atoms with van der Waals surface area (Å²) >= 11 is 3.57. The largest absolute Gasteiger partial charge is 0.483 e. The highest BCUT2D eigenvalue weighted by molar-refractivity contribution is 9.10. The van der Waals surface area contributed by atoms with Crippen LogP contribution >= 0.6 is 15.9 Å². The molecule has 2 aromatic rings. The Labute approximate surface area is 218 Å². The Morgan fingerprint density at radius 2 is 1.77 bits per heavy atom. The van der Waals surface area contributed by atoms with Crippen molar-refractivity contribution in [3.63, 3.8) is 0 Å². The smallest absolute Gasteiger partial charge is 0.261 e. The molecule has 0 spiro atoms. The van der Waals surface area contributed by atoms with Crippen LogP contribution in [0, 0.1) is 6.92 Å². The molecule has 1 aliphatic carbocycles. The minimum atomic E-state index is -0.541. The van der Waals surface area contributed by atoms with Crippen molar-refractivity contribution >= 4 is 27.7 Å². The molecule has 190 valence electrons. The van der Waals surface area contributed by atoms with E-state index in [1.165, 1.54) is 12.0 Å². The van der Waals surface area contributed by atoms with Crippen LogP contribution in [0.4, 0.5) is 0 Å². The van der Waals surface area contributed by atoms with Gasteiger partial charge in [-0.05, 0) is 71.3 Å². The third kappa shape index (κ3) is 7.83. The molecule has 35 heavy (non-hydrogen) atoms. The van der Waals surface area contributed by atoms with Crippen molar-refractivity contribution in [1.82, 2.24) is 10.2 Å². The van der Waals surface area contributed by atoms with Crippen molar-refractivity contribution in [2.45, 2.75) is 90.8 Å². The number of amides is 2. The SMILES string of the molecule is CC[C@@H](C(=O)NC1CCCCC1)N(Cc1ccc(C)cc1)C(=O)COc1ccc(C(C)C)cc1Br. The van der Waals surface area contributed by atoms with Crippen LogP contribution in [-0.2, 0) is 16.1 Å². The zero-order valence-electron chi connectivity index (χ0n) is 21.5. The quantitative estimate of drug-likeness (QED) is 0.372. The van der Waals surface area contributed by atoms with E-state index in [-0.39, 0.29) is 24.5 Å². The molecule has 0 unspecified atom stereocenters. The van der Waals surface area contributed by atoms with Gasteiger partial charge in [-0.25, -0.2) is 0 Å². The second-order valence-corrected chi connectivity index (χ2v) is 10.8. The standard InChI is InChI=1S/C29H39BrN2O3/c1-5-26(29(34)31-24-9-7-6-8-10-24)32(18-22-13-11-21(4)12-14-22)28(33)19-35-27-16-15-23(20(2)3)17-25(27)30/h11-17,20,24,26H,5-10,18-19H2,1-4H3,(H,31,34)/t26-/m0/s1. The van der Waals surface area contributed by atoms with Gasteiger partial charge >= 0.3 is 0 Å². The van der Waals surface area contributed by atoms with Gasteiger partial charge in [0.15, 0.2) is 6.61 Å². The van der Waals surface area contributed by atoms with Gasteiger partial charge in [0, 0.05) is 12.6 Å². The maximum atomic E-state index is 13.5. The number of hydrogen-bond donors (Lipinski definition) is 1. The van der Waals surface area contributed by atoms with E-state index in [1.807, 2.05) is 56.3 Å². The average Bonchev–Trinajstić information content (AvgIpc) is 2.84. The molecule has 0 heterocycles. The Morgan fingerprint density at radius 3 is 2.37 bits per heavy atom. The molecule has 1 atom stereocenters. The lowest BCUT2D eigenvalue weighted by atomic mass is 9.95. The number of benzene rings is 2. The van der Waals surface area contributed by atoms with Crippen molar-refractivity contribution in [2.75, 3.05) is 6.61 Å². The molecule has 2 aromatic carbocycles. The number of hydrogen-bond acceptors (Lipinski definition) is 3. The van der Waals surface area contributed by atoms with Crippen molar-refractivity contribution < 1.29 is 14.3 Å². The number of carbonyl (C=O) groups excluding carboxylic acids is 2. The zero-order valence-corrected chi connectivity index (χ0v) is 23.1. The summed E-state index contributed by atoms with van der Waals surface area (Å²) in [6, 6.07) is 13.7. The normalized spacial score (nSPS) is 15.0.